The Morgan fingerprint density at radius 1 is 1.53 bits per heavy atom. The Bertz CT molecular complexity index is 437. The molecule has 3 heteroatoms. The topological polar surface area (TPSA) is 54.7 Å². The van der Waals surface area contributed by atoms with E-state index < -0.39 is 0 Å². The molecule has 0 fully saturated rings. The Morgan fingerprint density at radius 2 is 2.29 bits per heavy atom. The van der Waals surface area contributed by atoms with E-state index in [4.69, 9.17) is 11.0 Å². The van der Waals surface area contributed by atoms with Crippen molar-refractivity contribution in [2.75, 3.05) is 0 Å². The maximum Gasteiger partial charge on any atom is 0.0684 e. The van der Waals surface area contributed by atoms with Crippen molar-refractivity contribution in [3.05, 3.63) is 23.5 Å². The lowest BCUT2D eigenvalue weighted by Crippen LogP contribution is -2.15. The zero-order chi connectivity index (χ0) is 12.5. The van der Waals surface area contributed by atoms with E-state index in [0.717, 1.165) is 25.8 Å². The number of nitrogens with zero attached hydrogens (tertiary/aromatic N) is 2. The van der Waals surface area contributed by atoms with Gasteiger partial charge in [0, 0.05) is 25.0 Å². The number of nitriles is 1. The Balaban J connectivity index is 2.06. The minimum absolute atomic E-state index is 0.212. The molecular formula is C14H21N3. The van der Waals surface area contributed by atoms with Gasteiger partial charge in [0.15, 0.2) is 0 Å². The summed E-state index contributed by atoms with van der Waals surface area (Å²) in [6.45, 7) is 4.88. The van der Waals surface area contributed by atoms with Crippen LogP contribution in [0.1, 0.15) is 50.3 Å². The van der Waals surface area contributed by atoms with E-state index in [1.165, 1.54) is 17.5 Å². The summed E-state index contributed by atoms with van der Waals surface area (Å²) in [6, 6.07) is 2.56. The second-order valence-corrected chi connectivity index (χ2v) is 5.72. The number of aromatic nitrogens is 1. The fraction of sp³-hybridized carbons (Fsp3) is 0.643. The third-order valence-corrected chi connectivity index (χ3v) is 3.66. The summed E-state index contributed by atoms with van der Waals surface area (Å²) >= 11 is 0. The standard InChI is InChI=1S/C14H21N3/c1-14(2,10-15)6-7-17-8-11-4-3-5-13(16)12(11)9-17/h8-9,13H,3-7,16H2,1-2H3. The smallest absolute Gasteiger partial charge is 0.0684 e. The lowest BCUT2D eigenvalue weighted by Gasteiger charge is -2.17. The number of fused-ring (bicyclic) bond motifs is 1. The third kappa shape index (κ3) is 2.70. The molecule has 92 valence electrons. The quantitative estimate of drug-likeness (QED) is 0.869. The third-order valence-electron chi connectivity index (χ3n) is 3.66. The van der Waals surface area contributed by atoms with Gasteiger partial charge in [-0.05, 0) is 50.7 Å². The number of hydrogen-bond donors (Lipinski definition) is 1. The van der Waals surface area contributed by atoms with Crippen molar-refractivity contribution in [3.8, 4) is 6.07 Å². The van der Waals surface area contributed by atoms with Gasteiger partial charge < -0.3 is 10.3 Å². The van der Waals surface area contributed by atoms with Crippen LogP contribution in [0.15, 0.2) is 12.4 Å². The fourth-order valence-corrected chi connectivity index (χ4v) is 2.38. The highest BCUT2D eigenvalue weighted by molar-refractivity contribution is 5.29. The Kier molecular flexibility index (Phi) is 3.26. The van der Waals surface area contributed by atoms with Crippen LogP contribution in [-0.4, -0.2) is 4.57 Å². The minimum atomic E-state index is -0.243. The molecule has 17 heavy (non-hydrogen) atoms. The van der Waals surface area contributed by atoms with Crippen LogP contribution in [0.4, 0.5) is 0 Å². The molecule has 0 saturated heterocycles. The number of hydrogen-bond acceptors (Lipinski definition) is 2. The van der Waals surface area contributed by atoms with Gasteiger partial charge in [0.1, 0.15) is 0 Å². The van der Waals surface area contributed by atoms with E-state index >= 15 is 0 Å². The molecule has 0 spiro atoms. The molecule has 0 aromatic carbocycles. The molecule has 1 atom stereocenters. The zero-order valence-corrected chi connectivity index (χ0v) is 10.7. The first-order valence-corrected chi connectivity index (χ1v) is 6.37. The molecule has 1 aliphatic rings. The van der Waals surface area contributed by atoms with Gasteiger partial charge in [-0.25, -0.2) is 0 Å². The summed E-state index contributed by atoms with van der Waals surface area (Å²) in [7, 11) is 0. The molecule has 0 radical (unpaired) electrons. The van der Waals surface area contributed by atoms with E-state index in [0.29, 0.717) is 0 Å². The van der Waals surface area contributed by atoms with Crippen LogP contribution in [0.3, 0.4) is 0 Å². The molecule has 1 aliphatic carbocycles. The summed E-state index contributed by atoms with van der Waals surface area (Å²) in [5, 5.41) is 9.00. The van der Waals surface area contributed by atoms with Crippen LogP contribution in [0.2, 0.25) is 0 Å². The molecule has 1 unspecified atom stereocenters. The van der Waals surface area contributed by atoms with Gasteiger partial charge >= 0.3 is 0 Å². The molecular weight excluding hydrogens is 210 g/mol. The van der Waals surface area contributed by atoms with Crippen molar-refractivity contribution < 1.29 is 0 Å². The Hall–Kier alpha value is -1.27. The molecule has 0 saturated carbocycles. The van der Waals surface area contributed by atoms with Gasteiger partial charge in [0.05, 0.1) is 11.5 Å². The summed E-state index contributed by atoms with van der Waals surface area (Å²) in [5.41, 5.74) is 8.57. The SMILES string of the molecule is CC(C)(C#N)CCn1cc2c(c1)C(N)CCC2. The molecule has 0 amide bonds. The minimum Gasteiger partial charge on any atom is -0.354 e. The van der Waals surface area contributed by atoms with Crippen LogP contribution in [-0.2, 0) is 13.0 Å². The predicted octanol–water partition coefficient (Wildman–Crippen LogP) is 2.76. The van der Waals surface area contributed by atoms with Gasteiger partial charge in [0.25, 0.3) is 0 Å². The van der Waals surface area contributed by atoms with E-state index in [9.17, 15) is 0 Å². The van der Waals surface area contributed by atoms with Crippen LogP contribution < -0.4 is 5.73 Å². The summed E-state index contributed by atoms with van der Waals surface area (Å²) in [4.78, 5) is 0. The molecule has 1 aromatic rings. The number of rotatable bonds is 3. The van der Waals surface area contributed by atoms with E-state index in [1.807, 2.05) is 13.8 Å². The molecule has 1 aromatic heterocycles. The molecule has 0 bridgehead atoms. The normalized spacial score (nSPS) is 19.8. The van der Waals surface area contributed by atoms with Gasteiger partial charge in [-0.2, -0.15) is 5.26 Å². The van der Waals surface area contributed by atoms with Crippen LogP contribution in [0.5, 0.6) is 0 Å². The van der Waals surface area contributed by atoms with Crippen molar-refractivity contribution in [2.24, 2.45) is 11.1 Å². The van der Waals surface area contributed by atoms with Crippen LogP contribution in [0.25, 0.3) is 0 Å². The Labute approximate surface area is 103 Å². The zero-order valence-electron chi connectivity index (χ0n) is 10.7. The number of nitrogens with two attached hydrogens (primary N) is 1. The lowest BCUT2D eigenvalue weighted by atomic mass is 9.91. The van der Waals surface area contributed by atoms with E-state index in [1.54, 1.807) is 0 Å². The molecule has 0 aliphatic heterocycles. The maximum absolute atomic E-state index is 9.00. The van der Waals surface area contributed by atoms with Crippen molar-refractivity contribution in [1.82, 2.24) is 4.57 Å². The highest BCUT2D eigenvalue weighted by Gasteiger charge is 2.20. The lowest BCUT2D eigenvalue weighted by molar-refractivity contribution is 0.413. The van der Waals surface area contributed by atoms with Crippen molar-refractivity contribution in [1.29, 1.82) is 5.26 Å². The summed E-state index contributed by atoms with van der Waals surface area (Å²) < 4.78 is 2.20. The van der Waals surface area contributed by atoms with Crippen molar-refractivity contribution in [2.45, 2.75) is 52.1 Å². The summed E-state index contributed by atoms with van der Waals surface area (Å²) in [6.07, 6.45) is 8.71. The highest BCUT2D eigenvalue weighted by Crippen LogP contribution is 2.29. The average Bonchev–Trinajstić information content (AvgIpc) is 2.71. The van der Waals surface area contributed by atoms with Crippen LogP contribution in [0, 0.1) is 16.7 Å². The molecule has 2 rings (SSSR count). The van der Waals surface area contributed by atoms with Crippen LogP contribution >= 0.6 is 0 Å². The van der Waals surface area contributed by atoms with Gasteiger partial charge in [-0.3, -0.25) is 0 Å². The van der Waals surface area contributed by atoms with Crippen molar-refractivity contribution >= 4 is 0 Å². The van der Waals surface area contributed by atoms with Gasteiger partial charge in [0.2, 0.25) is 0 Å². The maximum atomic E-state index is 9.00. The van der Waals surface area contributed by atoms with E-state index in [-0.39, 0.29) is 11.5 Å². The first kappa shape index (κ1) is 12.2. The first-order chi connectivity index (χ1) is 8.02. The van der Waals surface area contributed by atoms with Gasteiger partial charge in [-0.15, -0.1) is 0 Å². The molecule has 1 heterocycles. The highest BCUT2D eigenvalue weighted by atomic mass is 14.9. The monoisotopic (exact) mass is 231 g/mol. The average molecular weight is 231 g/mol. The first-order valence-electron chi connectivity index (χ1n) is 6.37. The summed E-state index contributed by atoms with van der Waals surface area (Å²) in [5.74, 6) is 0. The fourth-order valence-electron chi connectivity index (χ4n) is 2.38. The molecule has 2 N–H and O–H groups in total. The second-order valence-electron chi connectivity index (χ2n) is 5.72. The Morgan fingerprint density at radius 3 is 2.94 bits per heavy atom. The molecule has 3 nitrogen and oxygen atoms in total. The van der Waals surface area contributed by atoms with Gasteiger partial charge in [-0.1, -0.05) is 0 Å². The van der Waals surface area contributed by atoms with Crippen molar-refractivity contribution in [3.63, 3.8) is 0 Å². The predicted molar refractivity (Wildman–Crippen MR) is 68.3 cm³/mol. The largest absolute Gasteiger partial charge is 0.354 e. The number of aryl methyl sites for hydroxylation is 2. The van der Waals surface area contributed by atoms with E-state index in [2.05, 4.69) is 23.0 Å². The second kappa shape index (κ2) is 4.54.